The van der Waals surface area contributed by atoms with Gasteiger partial charge in [0, 0.05) is 25.2 Å². The van der Waals surface area contributed by atoms with Crippen LogP contribution in [0.4, 0.5) is 0 Å². The fourth-order valence-corrected chi connectivity index (χ4v) is 6.72. The highest BCUT2D eigenvalue weighted by Crippen LogP contribution is 2.59. The lowest BCUT2D eigenvalue weighted by Crippen LogP contribution is -1.80. The summed E-state index contributed by atoms with van der Waals surface area (Å²) in [7, 11) is 0. The van der Waals surface area contributed by atoms with Crippen molar-refractivity contribution < 1.29 is 4.79 Å². The molecule has 0 bridgehead atoms. The third-order valence-corrected chi connectivity index (χ3v) is 8.04. The molecule has 1 aromatic carbocycles. The minimum Gasteiger partial charge on any atom is -0.297 e. The summed E-state index contributed by atoms with van der Waals surface area (Å²) in [5, 5.41) is 17.9. The molecule has 2 aliphatic rings. The topological polar surface area (TPSA) is 64.7 Å². The summed E-state index contributed by atoms with van der Waals surface area (Å²) < 4.78 is 1.76. The van der Waals surface area contributed by atoms with E-state index < -0.39 is 0 Å². The van der Waals surface area contributed by atoms with Crippen molar-refractivity contribution in [1.29, 1.82) is 10.5 Å². The number of hydrogen-bond acceptors (Lipinski definition) is 7. The molecule has 3 nitrogen and oxygen atoms in total. The molecule has 102 valence electrons. The fourth-order valence-electron chi connectivity index (χ4n) is 1.71. The van der Waals surface area contributed by atoms with Crippen LogP contribution in [-0.4, -0.2) is 6.29 Å². The van der Waals surface area contributed by atoms with Crippen LogP contribution in [0.5, 0.6) is 0 Å². The third kappa shape index (κ3) is 2.63. The predicted octanol–water partition coefficient (Wildman–Crippen LogP) is 4.77. The van der Waals surface area contributed by atoms with Crippen LogP contribution in [-0.2, 0) is 4.79 Å². The van der Waals surface area contributed by atoms with Gasteiger partial charge in [0.2, 0.25) is 0 Å². The van der Waals surface area contributed by atoms with E-state index >= 15 is 0 Å². The number of thioether (sulfide) groups is 4. The molecule has 0 aromatic heterocycles. The standard InChI is InChI=1S/C14H6N2OS4/c1-7(4-15)13-18-9-2-11-12(3-10(9)19-13)21-14(20-11)8(5-16)6-17/h2-3,6H,1H3. The van der Waals surface area contributed by atoms with Crippen molar-refractivity contribution in [1.82, 2.24) is 0 Å². The van der Waals surface area contributed by atoms with E-state index in [4.69, 9.17) is 10.5 Å². The van der Waals surface area contributed by atoms with Gasteiger partial charge in [-0.05, 0) is 19.1 Å². The molecule has 0 saturated heterocycles. The van der Waals surface area contributed by atoms with Gasteiger partial charge in [-0.1, -0.05) is 47.0 Å². The number of aldehydes is 1. The molecule has 2 heterocycles. The average Bonchev–Trinajstić information content (AvgIpc) is 3.07. The molecule has 2 aliphatic heterocycles. The van der Waals surface area contributed by atoms with E-state index in [2.05, 4.69) is 18.2 Å². The molecule has 21 heavy (non-hydrogen) atoms. The summed E-state index contributed by atoms with van der Waals surface area (Å²) in [6.07, 6.45) is 0.607. The van der Waals surface area contributed by atoms with Gasteiger partial charge in [0.1, 0.15) is 11.6 Å². The van der Waals surface area contributed by atoms with Crippen LogP contribution in [0.1, 0.15) is 6.92 Å². The highest BCUT2D eigenvalue weighted by atomic mass is 32.2. The van der Waals surface area contributed by atoms with Crippen molar-refractivity contribution in [3.05, 3.63) is 31.8 Å². The van der Waals surface area contributed by atoms with Gasteiger partial charge >= 0.3 is 0 Å². The van der Waals surface area contributed by atoms with Crippen molar-refractivity contribution in [2.75, 3.05) is 0 Å². The van der Waals surface area contributed by atoms with Gasteiger partial charge in [-0.15, -0.1) is 0 Å². The summed E-state index contributed by atoms with van der Waals surface area (Å²) in [6, 6.07) is 8.26. The van der Waals surface area contributed by atoms with Crippen LogP contribution in [0.15, 0.2) is 51.3 Å². The Morgan fingerprint density at radius 2 is 1.43 bits per heavy atom. The number of carbonyl (C=O) groups is 1. The summed E-state index contributed by atoms with van der Waals surface area (Å²) >= 11 is 6.13. The molecule has 0 amide bonds. The zero-order valence-corrected chi connectivity index (χ0v) is 13.9. The second-order valence-electron chi connectivity index (χ2n) is 4.11. The predicted molar refractivity (Wildman–Crippen MR) is 86.9 cm³/mol. The average molecular weight is 346 g/mol. The summed E-state index contributed by atoms with van der Waals surface area (Å²) in [4.78, 5) is 15.3. The quantitative estimate of drug-likeness (QED) is 0.412. The molecule has 1 aromatic rings. The maximum absolute atomic E-state index is 10.9. The van der Waals surface area contributed by atoms with Crippen molar-refractivity contribution >= 4 is 53.3 Å². The molecular weight excluding hydrogens is 340 g/mol. The minimum atomic E-state index is 0.183. The lowest BCUT2D eigenvalue weighted by molar-refractivity contribution is -0.104. The van der Waals surface area contributed by atoms with Crippen molar-refractivity contribution in [2.45, 2.75) is 26.5 Å². The van der Waals surface area contributed by atoms with Crippen LogP contribution in [0, 0.1) is 22.7 Å². The SMILES string of the molecule is CC(C#N)=C1Sc2cc3c(cc2S1)SC(=C(C#N)C=O)S3. The van der Waals surface area contributed by atoms with Gasteiger partial charge in [0.05, 0.1) is 14.5 Å². The number of allylic oxidation sites excluding steroid dienone is 2. The maximum atomic E-state index is 10.9. The third-order valence-electron chi connectivity index (χ3n) is 2.75. The Balaban J connectivity index is 1.97. The second-order valence-corrected chi connectivity index (χ2v) is 8.83. The number of rotatable bonds is 1. The van der Waals surface area contributed by atoms with Crippen LogP contribution in [0.3, 0.4) is 0 Å². The molecule has 0 fully saturated rings. The Bertz CT molecular complexity index is 772. The zero-order chi connectivity index (χ0) is 15.0. The van der Waals surface area contributed by atoms with E-state index in [0.717, 1.165) is 33.6 Å². The number of nitriles is 2. The van der Waals surface area contributed by atoms with Crippen molar-refractivity contribution in [3.8, 4) is 12.1 Å². The summed E-state index contributed by atoms with van der Waals surface area (Å²) in [5.41, 5.74) is 0.914. The maximum Gasteiger partial charge on any atom is 0.162 e. The Kier molecular flexibility index (Phi) is 4.10. The molecular formula is C14H6N2OS4. The normalized spacial score (nSPS) is 15.0. The van der Waals surface area contributed by atoms with E-state index in [9.17, 15) is 4.79 Å². The highest BCUT2D eigenvalue weighted by molar-refractivity contribution is 8.25. The van der Waals surface area contributed by atoms with Gasteiger partial charge < -0.3 is 0 Å². The smallest absolute Gasteiger partial charge is 0.162 e. The molecule has 0 aliphatic carbocycles. The van der Waals surface area contributed by atoms with Gasteiger partial charge in [-0.2, -0.15) is 10.5 Å². The lowest BCUT2D eigenvalue weighted by Gasteiger charge is -1.99. The molecule has 0 saturated carbocycles. The molecule has 7 heteroatoms. The number of nitrogens with zero attached hydrogens (tertiary/aromatic N) is 2. The zero-order valence-electron chi connectivity index (χ0n) is 10.7. The van der Waals surface area contributed by atoms with E-state index in [1.165, 1.54) is 23.5 Å². The first kappa shape index (κ1) is 14.7. The first-order valence-electron chi connectivity index (χ1n) is 5.76. The van der Waals surface area contributed by atoms with E-state index in [0.29, 0.717) is 6.29 Å². The van der Waals surface area contributed by atoms with Crippen LogP contribution in [0.25, 0.3) is 0 Å². The van der Waals surface area contributed by atoms with Crippen LogP contribution < -0.4 is 0 Å². The van der Waals surface area contributed by atoms with Crippen molar-refractivity contribution in [2.24, 2.45) is 0 Å². The minimum absolute atomic E-state index is 0.183. The molecule has 0 spiro atoms. The van der Waals surface area contributed by atoms with E-state index in [1.807, 2.05) is 13.0 Å². The van der Waals surface area contributed by atoms with Crippen LogP contribution >= 0.6 is 47.0 Å². The van der Waals surface area contributed by atoms with Gasteiger partial charge in [0.25, 0.3) is 0 Å². The van der Waals surface area contributed by atoms with Crippen LogP contribution in [0.2, 0.25) is 0 Å². The highest BCUT2D eigenvalue weighted by Gasteiger charge is 2.27. The Morgan fingerprint density at radius 3 is 1.81 bits per heavy atom. The number of fused-ring (bicyclic) bond motifs is 2. The second kappa shape index (κ2) is 5.86. The first-order chi connectivity index (χ1) is 10.2. The Morgan fingerprint density at radius 1 is 0.952 bits per heavy atom. The Hall–Kier alpha value is -1.25. The first-order valence-corrected chi connectivity index (χ1v) is 9.03. The fraction of sp³-hybridized carbons (Fsp3) is 0.0714. The number of carbonyl (C=O) groups excluding carboxylic acids is 1. The van der Waals surface area contributed by atoms with Gasteiger partial charge in [-0.3, -0.25) is 4.79 Å². The molecule has 0 N–H and O–H groups in total. The van der Waals surface area contributed by atoms with E-state index in [-0.39, 0.29) is 5.57 Å². The van der Waals surface area contributed by atoms with E-state index in [1.54, 1.807) is 23.5 Å². The monoisotopic (exact) mass is 346 g/mol. The molecule has 3 rings (SSSR count). The largest absolute Gasteiger partial charge is 0.297 e. The van der Waals surface area contributed by atoms with Crippen molar-refractivity contribution in [3.63, 3.8) is 0 Å². The number of benzene rings is 1. The summed E-state index contributed by atoms with van der Waals surface area (Å²) in [6.45, 7) is 1.82. The Labute approximate surface area is 138 Å². The lowest BCUT2D eigenvalue weighted by atomic mass is 10.3. The summed E-state index contributed by atoms with van der Waals surface area (Å²) in [5.74, 6) is 0. The molecule has 0 unspecified atom stereocenters. The molecule has 0 radical (unpaired) electrons. The van der Waals surface area contributed by atoms with Gasteiger partial charge in [0.15, 0.2) is 6.29 Å². The number of hydrogen-bond donors (Lipinski definition) is 0. The van der Waals surface area contributed by atoms with Gasteiger partial charge in [-0.25, -0.2) is 0 Å². The molecule has 0 atom stereocenters.